The Morgan fingerprint density at radius 3 is 2.75 bits per heavy atom. The van der Waals surface area contributed by atoms with Gasteiger partial charge in [-0.3, -0.25) is 4.98 Å². The second-order valence-electron chi connectivity index (χ2n) is 9.91. The highest BCUT2D eigenvalue weighted by Gasteiger charge is 2.39. The van der Waals surface area contributed by atoms with E-state index in [1.54, 1.807) is 42.9 Å². The summed E-state index contributed by atoms with van der Waals surface area (Å²) in [5.74, 6) is 0. The summed E-state index contributed by atoms with van der Waals surface area (Å²) in [4.78, 5) is 18.0. The molecule has 0 spiro atoms. The van der Waals surface area contributed by atoms with E-state index in [4.69, 9.17) is 4.98 Å². The van der Waals surface area contributed by atoms with Gasteiger partial charge in [0.25, 0.3) is 10.0 Å². The molecule has 1 aliphatic rings. The summed E-state index contributed by atoms with van der Waals surface area (Å²) in [6.07, 6.45) is 7.57. The fraction of sp³-hybridized carbons (Fsp3) is 0.133. The highest BCUT2D eigenvalue weighted by atomic mass is 32.2. The lowest BCUT2D eigenvalue weighted by Gasteiger charge is -2.24. The van der Waals surface area contributed by atoms with Crippen molar-refractivity contribution in [2.24, 2.45) is 0 Å². The number of benzene rings is 2. The normalized spacial score (nSPS) is 16.9. The van der Waals surface area contributed by atoms with Crippen LogP contribution >= 0.6 is 11.3 Å². The summed E-state index contributed by atoms with van der Waals surface area (Å²) < 4.78 is 28.3. The second-order valence-corrected chi connectivity index (χ2v) is 12.6. The third-order valence-electron chi connectivity index (χ3n) is 7.42. The van der Waals surface area contributed by atoms with Crippen LogP contribution in [0.25, 0.3) is 32.9 Å². The quantitative estimate of drug-likeness (QED) is 0.300. The van der Waals surface area contributed by atoms with E-state index in [-0.39, 0.29) is 4.90 Å². The van der Waals surface area contributed by atoms with Gasteiger partial charge in [-0.2, -0.15) is 0 Å². The predicted octanol–water partition coefficient (Wildman–Crippen LogP) is 5.34. The van der Waals surface area contributed by atoms with Crippen LogP contribution in [0.5, 0.6) is 0 Å². The van der Waals surface area contributed by atoms with Crippen molar-refractivity contribution in [3.63, 3.8) is 0 Å². The molecule has 0 saturated carbocycles. The fourth-order valence-corrected chi connectivity index (χ4v) is 7.48. The first-order chi connectivity index (χ1) is 19.3. The highest BCUT2D eigenvalue weighted by Crippen LogP contribution is 2.42. The Labute approximate surface area is 234 Å². The van der Waals surface area contributed by atoms with Gasteiger partial charge in [-0.25, -0.2) is 27.3 Å². The molecule has 0 bridgehead atoms. The van der Waals surface area contributed by atoms with Gasteiger partial charge in [0.15, 0.2) is 5.65 Å². The predicted molar refractivity (Wildman–Crippen MR) is 153 cm³/mol. The summed E-state index contributed by atoms with van der Waals surface area (Å²) in [6, 6.07) is 18.4. The zero-order valence-corrected chi connectivity index (χ0v) is 23.0. The molecule has 1 atom stereocenters. The van der Waals surface area contributed by atoms with Gasteiger partial charge in [0.2, 0.25) is 0 Å². The second kappa shape index (κ2) is 9.16. The van der Waals surface area contributed by atoms with E-state index in [1.807, 2.05) is 48.7 Å². The molecule has 0 fully saturated rings. The molecule has 8 nitrogen and oxygen atoms in total. The molecule has 4 aromatic heterocycles. The number of aryl methyl sites for hydroxylation is 2. The molecule has 1 N–H and O–H groups in total. The number of hydrogen-bond donors (Lipinski definition) is 1. The Morgan fingerprint density at radius 1 is 1.05 bits per heavy atom. The van der Waals surface area contributed by atoms with Gasteiger partial charge in [-0.15, -0.1) is 11.3 Å². The Balaban J connectivity index is 1.29. The molecule has 198 valence electrons. The third-order valence-corrected chi connectivity index (χ3v) is 9.96. The molecule has 0 radical (unpaired) electrons. The Morgan fingerprint density at radius 2 is 1.90 bits per heavy atom. The van der Waals surface area contributed by atoms with Gasteiger partial charge >= 0.3 is 0 Å². The van der Waals surface area contributed by atoms with Crippen LogP contribution in [0.3, 0.4) is 0 Å². The summed E-state index contributed by atoms with van der Waals surface area (Å²) in [5.41, 5.74) is 4.85. The third kappa shape index (κ3) is 3.87. The molecule has 2 aromatic carbocycles. The van der Waals surface area contributed by atoms with Gasteiger partial charge in [0.1, 0.15) is 16.9 Å². The number of nitrogens with zero attached hydrogens (tertiary/aromatic N) is 5. The van der Waals surface area contributed by atoms with Crippen LogP contribution in [-0.4, -0.2) is 37.4 Å². The Kier molecular flexibility index (Phi) is 5.67. The minimum absolute atomic E-state index is 0.178. The van der Waals surface area contributed by atoms with Crippen molar-refractivity contribution in [1.29, 1.82) is 0 Å². The Hall–Kier alpha value is -4.25. The smallest absolute Gasteiger partial charge is 0.269 e. The average Bonchev–Trinajstić information content (AvgIpc) is 3.70. The van der Waals surface area contributed by atoms with Crippen LogP contribution in [0, 0.1) is 6.92 Å². The van der Waals surface area contributed by atoms with Crippen molar-refractivity contribution in [2.45, 2.75) is 30.3 Å². The van der Waals surface area contributed by atoms with Crippen molar-refractivity contribution in [3.05, 3.63) is 113 Å². The molecule has 1 aliphatic carbocycles. The number of fused-ring (bicyclic) bond motifs is 2. The summed E-state index contributed by atoms with van der Waals surface area (Å²) in [5, 5.41) is 14.8. The molecular weight excluding hydrogens is 542 g/mol. The van der Waals surface area contributed by atoms with Crippen LogP contribution in [0.4, 0.5) is 0 Å². The molecule has 40 heavy (non-hydrogen) atoms. The molecular formula is C30H23N5O3S2. The highest BCUT2D eigenvalue weighted by molar-refractivity contribution is 7.90. The van der Waals surface area contributed by atoms with Crippen LogP contribution in [0.2, 0.25) is 0 Å². The largest absolute Gasteiger partial charge is 0.379 e. The summed E-state index contributed by atoms with van der Waals surface area (Å²) >= 11 is 1.41. The van der Waals surface area contributed by atoms with E-state index < -0.39 is 15.6 Å². The molecule has 6 aromatic rings. The topological polar surface area (TPSA) is 111 Å². The molecule has 0 amide bonds. The van der Waals surface area contributed by atoms with E-state index in [0.717, 1.165) is 34.4 Å². The van der Waals surface area contributed by atoms with Gasteiger partial charge in [-0.05, 0) is 55.2 Å². The first kappa shape index (κ1) is 24.8. The summed E-state index contributed by atoms with van der Waals surface area (Å²) in [6.45, 7) is 1.91. The number of pyridine rings is 1. The maximum atomic E-state index is 13.6. The lowest BCUT2D eigenvalue weighted by Crippen LogP contribution is -2.25. The minimum Gasteiger partial charge on any atom is -0.379 e. The number of rotatable bonds is 5. The van der Waals surface area contributed by atoms with Crippen molar-refractivity contribution < 1.29 is 13.5 Å². The van der Waals surface area contributed by atoms with Crippen LogP contribution in [-0.2, 0) is 22.0 Å². The zero-order valence-electron chi connectivity index (χ0n) is 21.4. The zero-order chi connectivity index (χ0) is 27.5. The number of aliphatic hydroxyl groups is 1. The average molecular weight is 566 g/mol. The van der Waals surface area contributed by atoms with Crippen molar-refractivity contribution in [3.8, 4) is 21.8 Å². The van der Waals surface area contributed by atoms with Crippen LogP contribution in [0.15, 0.2) is 95.9 Å². The van der Waals surface area contributed by atoms with Crippen molar-refractivity contribution in [2.75, 3.05) is 0 Å². The molecule has 4 heterocycles. The van der Waals surface area contributed by atoms with Gasteiger partial charge in [-0.1, -0.05) is 42.0 Å². The molecule has 0 saturated heterocycles. The van der Waals surface area contributed by atoms with E-state index in [0.29, 0.717) is 33.7 Å². The minimum atomic E-state index is -3.89. The van der Waals surface area contributed by atoms with E-state index >= 15 is 0 Å². The van der Waals surface area contributed by atoms with E-state index in [1.165, 1.54) is 21.6 Å². The van der Waals surface area contributed by atoms with Crippen LogP contribution in [0.1, 0.15) is 28.8 Å². The summed E-state index contributed by atoms with van der Waals surface area (Å²) in [7, 11) is -3.89. The van der Waals surface area contributed by atoms with E-state index in [2.05, 4.69) is 15.0 Å². The van der Waals surface area contributed by atoms with E-state index in [9.17, 15) is 13.5 Å². The standard InChI is InChI=1S/C30H23N5O3S2/c1-19-7-9-23(10-8-19)40(37,38)35-16-25(24-15-31-18-33-28(24)35)29-34-26(17-39-29)21-4-2-6-22(14-21)30(36)12-11-20-5-3-13-32-27(20)30/h2-10,13-18,36H,11-12H2,1H3. The molecule has 10 heteroatoms. The lowest BCUT2D eigenvalue weighted by atomic mass is 9.89. The molecule has 7 rings (SSSR count). The Bertz CT molecular complexity index is 2020. The lowest BCUT2D eigenvalue weighted by molar-refractivity contribution is 0.0788. The molecule has 0 aliphatic heterocycles. The van der Waals surface area contributed by atoms with Crippen LogP contribution < -0.4 is 0 Å². The number of thiazole rings is 1. The van der Waals surface area contributed by atoms with Gasteiger partial charge in [0.05, 0.1) is 16.3 Å². The maximum Gasteiger partial charge on any atom is 0.269 e. The number of aromatic nitrogens is 5. The van der Waals surface area contributed by atoms with Gasteiger partial charge < -0.3 is 5.11 Å². The molecule has 1 unspecified atom stereocenters. The first-order valence-corrected chi connectivity index (χ1v) is 15.0. The van der Waals surface area contributed by atoms with Gasteiger partial charge in [0, 0.05) is 40.5 Å². The SMILES string of the molecule is Cc1ccc(S(=O)(=O)n2cc(-c3nc(-c4cccc(C5(O)CCc6cccnc65)c4)cs3)c3cncnc32)cc1. The fourth-order valence-electron chi connectivity index (χ4n) is 5.31. The van der Waals surface area contributed by atoms with Crippen molar-refractivity contribution in [1.82, 2.24) is 23.9 Å². The van der Waals surface area contributed by atoms with Crippen molar-refractivity contribution >= 4 is 32.4 Å². The number of hydrogen-bond acceptors (Lipinski definition) is 8. The maximum absolute atomic E-state index is 13.6. The monoisotopic (exact) mass is 565 g/mol. The first-order valence-electron chi connectivity index (χ1n) is 12.7.